The number of H-pyrrole nitrogens is 1. The van der Waals surface area contributed by atoms with Crippen LogP contribution in [-0.2, 0) is 22.6 Å². The fraction of sp³-hybridized carbons (Fsp3) is 0.139. The topological polar surface area (TPSA) is 120 Å². The summed E-state index contributed by atoms with van der Waals surface area (Å²) in [5.41, 5.74) is 4.22. The standard InChI is InChI=1S/C36H30N2O7/c1-22-32(17-16-28-29(19-33(39)45-34(22)28)24-12-14-26(42-2)15-13-24)44-35(40)31(18-25-20-37-30-11-7-6-10-27(25)30)38-36(41)43-21-23-8-4-3-5-9-23/h3-17,19-20,31,37H,18,21H2,1-2H3,(H,38,41). The number of para-hydroxylation sites is 1. The van der Waals surface area contributed by atoms with Crippen LogP contribution in [0.5, 0.6) is 11.5 Å². The Balaban J connectivity index is 1.28. The zero-order valence-electron chi connectivity index (χ0n) is 24.7. The largest absolute Gasteiger partial charge is 0.497 e. The van der Waals surface area contributed by atoms with Crippen molar-refractivity contribution in [3.05, 3.63) is 130 Å². The Bertz CT molecular complexity index is 2050. The highest BCUT2D eigenvalue weighted by atomic mass is 16.6. The van der Waals surface area contributed by atoms with Crippen LogP contribution in [0.4, 0.5) is 4.79 Å². The van der Waals surface area contributed by atoms with Crippen LogP contribution in [-0.4, -0.2) is 30.2 Å². The molecule has 9 heteroatoms. The summed E-state index contributed by atoms with van der Waals surface area (Å²) in [6.07, 6.45) is 1.19. The summed E-state index contributed by atoms with van der Waals surface area (Å²) in [6, 6.07) is 28.0. The van der Waals surface area contributed by atoms with Crippen LogP contribution >= 0.6 is 0 Å². The second-order valence-corrected chi connectivity index (χ2v) is 10.5. The van der Waals surface area contributed by atoms with Crippen LogP contribution in [0.3, 0.4) is 0 Å². The highest BCUT2D eigenvalue weighted by Gasteiger charge is 2.27. The van der Waals surface area contributed by atoms with Crippen LogP contribution < -0.4 is 20.4 Å². The number of benzene rings is 4. The van der Waals surface area contributed by atoms with E-state index in [1.54, 1.807) is 32.4 Å². The molecule has 6 rings (SSSR count). The van der Waals surface area contributed by atoms with Gasteiger partial charge in [-0.1, -0.05) is 60.7 Å². The van der Waals surface area contributed by atoms with Gasteiger partial charge in [0.25, 0.3) is 0 Å². The van der Waals surface area contributed by atoms with Gasteiger partial charge in [0.1, 0.15) is 29.7 Å². The van der Waals surface area contributed by atoms with E-state index in [2.05, 4.69) is 10.3 Å². The lowest BCUT2D eigenvalue weighted by molar-refractivity contribution is -0.136. The van der Waals surface area contributed by atoms with Gasteiger partial charge >= 0.3 is 17.7 Å². The monoisotopic (exact) mass is 602 g/mol. The highest BCUT2D eigenvalue weighted by molar-refractivity contribution is 5.96. The summed E-state index contributed by atoms with van der Waals surface area (Å²) < 4.78 is 22.1. The van der Waals surface area contributed by atoms with Gasteiger partial charge in [-0.25, -0.2) is 14.4 Å². The molecule has 4 aromatic carbocycles. The molecule has 9 nitrogen and oxygen atoms in total. The Morgan fingerprint density at radius 3 is 2.44 bits per heavy atom. The van der Waals surface area contributed by atoms with Crippen LogP contribution in [0, 0.1) is 6.92 Å². The number of aryl methyl sites for hydroxylation is 1. The number of amides is 1. The van der Waals surface area contributed by atoms with Gasteiger partial charge in [0.2, 0.25) is 0 Å². The van der Waals surface area contributed by atoms with Crippen LogP contribution in [0.25, 0.3) is 33.0 Å². The molecule has 0 aliphatic rings. The minimum Gasteiger partial charge on any atom is -0.497 e. The molecule has 2 N–H and O–H groups in total. The molecule has 1 unspecified atom stereocenters. The summed E-state index contributed by atoms with van der Waals surface area (Å²) in [5, 5.41) is 4.28. The van der Waals surface area contributed by atoms with Crippen molar-refractivity contribution in [2.75, 3.05) is 7.11 Å². The molecule has 0 fully saturated rings. The van der Waals surface area contributed by atoms with Crippen molar-refractivity contribution < 1.29 is 28.2 Å². The summed E-state index contributed by atoms with van der Waals surface area (Å²) in [5.74, 6) is 0.190. The second-order valence-electron chi connectivity index (χ2n) is 10.5. The molecule has 45 heavy (non-hydrogen) atoms. The number of carbonyl (C=O) groups excluding carboxylic acids is 2. The first kappa shape index (κ1) is 29.3. The van der Waals surface area contributed by atoms with E-state index in [1.165, 1.54) is 6.07 Å². The Kier molecular flexibility index (Phi) is 8.32. The average molecular weight is 603 g/mol. The van der Waals surface area contributed by atoms with Gasteiger partial charge in [-0.3, -0.25) is 0 Å². The molecular weight excluding hydrogens is 572 g/mol. The van der Waals surface area contributed by atoms with E-state index in [9.17, 15) is 14.4 Å². The SMILES string of the molecule is COc1ccc(-c2cc(=O)oc3c(C)c(OC(=O)C(Cc4c[nH]c5ccccc45)NC(=O)OCc4ccccc4)ccc23)cc1. The number of carbonyl (C=O) groups is 2. The van der Waals surface area contributed by atoms with E-state index in [1.807, 2.05) is 78.9 Å². The van der Waals surface area contributed by atoms with E-state index in [0.717, 1.165) is 27.6 Å². The number of aromatic amines is 1. The summed E-state index contributed by atoms with van der Waals surface area (Å²) in [6.45, 7) is 1.75. The van der Waals surface area contributed by atoms with Gasteiger partial charge in [0, 0.05) is 40.5 Å². The first-order valence-electron chi connectivity index (χ1n) is 14.4. The third-order valence-electron chi connectivity index (χ3n) is 7.61. The average Bonchev–Trinajstić information content (AvgIpc) is 3.48. The first-order valence-corrected chi connectivity index (χ1v) is 14.4. The molecule has 226 valence electrons. The van der Waals surface area contributed by atoms with Crippen molar-refractivity contribution in [2.24, 2.45) is 0 Å². The number of rotatable bonds is 9. The van der Waals surface area contributed by atoms with E-state index < -0.39 is 23.7 Å². The van der Waals surface area contributed by atoms with Crippen LogP contribution in [0.15, 0.2) is 112 Å². The van der Waals surface area contributed by atoms with Gasteiger partial charge in [-0.05, 0) is 59.5 Å². The minimum atomic E-state index is -1.08. The van der Waals surface area contributed by atoms with Crippen LogP contribution in [0.2, 0.25) is 0 Å². The van der Waals surface area contributed by atoms with E-state index in [4.69, 9.17) is 18.6 Å². The third-order valence-corrected chi connectivity index (χ3v) is 7.61. The highest BCUT2D eigenvalue weighted by Crippen LogP contribution is 2.34. The molecule has 0 bridgehead atoms. The molecule has 0 saturated carbocycles. The number of aromatic nitrogens is 1. The Labute approximate surface area is 258 Å². The van der Waals surface area contributed by atoms with Crippen molar-refractivity contribution in [1.29, 1.82) is 0 Å². The molecule has 1 amide bonds. The van der Waals surface area contributed by atoms with E-state index >= 15 is 0 Å². The first-order chi connectivity index (χ1) is 21.9. The number of fused-ring (bicyclic) bond motifs is 2. The van der Waals surface area contributed by atoms with Gasteiger partial charge in [0.15, 0.2) is 0 Å². The third kappa shape index (κ3) is 6.42. The number of nitrogens with one attached hydrogen (secondary N) is 2. The van der Waals surface area contributed by atoms with Gasteiger partial charge in [-0.15, -0.1) is 0 Å². The Morgan fingerprint density at radius 1 is 0.911 bits per heavy atom. The number of esters is 1. The molecule has 0 aliphatic heterocycles. The summed E-state index contributed by atoms with van der Waals surface area (Å²) >= 11 is 0. The quantitative estimate of drug-likeness (QED) is 0.107. The minimum absolute atomic E-state index is 0.0425. The predicted molar refractivity (Wildman–Crippen MR) is 170 cm³/mol. The summed E-state index contributed by atoms with van der Waals surface area (Å²) in [7, 11) is 1.59. The molecule has 2 heterocycles. The predicted octanol–water partition coefficient (Wildman–Crippen LogP) is 6.70. The van der Waals surface area contributed by atoms with Crippen molar-refractivity contribution in [2.45, 2.75) is 26.0 Å². The van der Waals surface area contributed by atoms with Crippen molar-refractivity contribution >= 4 is 33.9 Å². The molecule has 0 saturated heterocycles. The molecule has 2 aromatic heterocycles. The van der Waals surface area contributed by atoms with Gasteiger partial charge < -0.3 is 28.9 Å². The number of alkyl carbamates (subject to hydrolysis) is 1. The van der Waals surface area contributed by atoms with Crippen LogP contribution in [0.1, 0.15) is 16.7 Å². The summed E-state index contributed by atoms with van der Waals surface area (Å²) in [4.78, 5) is 42.3. The molecule has 1 atom stereocenters. The number of hydrogen-bond donors (Lipinski definition) is 2. The van der Waals surface area contributed by atoms with Crippen molar-refractivity contribution in [3.8, 4) is 22.6 Å². The normalized spacial score (nSPS) is 11.7. The maximum absolute atomic E-state index is 13.7. The lowest BCUT2D eigenvalue weighted by Gasteiger charge is -2.18. The lowest BCUT2D eigenvalue weighted by Crippen LogP contribution is -2.44. The van der Waals surface area contributed by atoms with Crippen molar-refractivity contribution in [1.82, 2.24) is 10.3 Å². The number of ether oxygens (including phenoxy) is 3. The molecule has 6 aromatic rings. The Morgan fingerprint density at radius 2 is 1.67 bits per heavy atom. The maximum Gasteiger partial charge on any atom is 0.408 e. The lowest BCUT2D eigenvalue weighted by atomic mass is 10.00. The second kappa shape index (κ2) is 12.8. The molecule has 0 radical (unpaired) electrons. The van der Waals surface area contributed by atoms with Crippen molar-refractivity contribution in [3.63, 3.8) is 0 Å². The van der Waals surface area contributed by atoms with Gasteiger partial charge in [0.05, 0.1) is 7.11 Å². The smallest absolute Gasteiger partial charge is 0.408 e. The van der Waals surface area contributed by atoms with E-state index in [-0.39, 0.29) is 18.8 Å². The number of hydrogen-bond acceptors (Lipinski definition) is 7. The Hall–Kier alpha value is -5.83. The fourth-order valence-electron chi connectivity index (χ4n) is 5.26. The zero-order valence-corrected chi connectivity index (χ0v) is 24.7. The maximum atomic E-state index is 13.7. The zero-order chi connectivity index (χ0) is 31.3. The van der Waals surface area contributed by atoms with Gasteiger partial charge in [-0.2, -0.15) is 0 Å². The molecule has 0 spiro atoms. The number of methoxy groups -OCH3 is 1. The fourth-order valence-corrected chi connectivity index (χ4v) is 5.26. The van der Waals surface area contributed by atoms with E-state index in [0.29, 0.717) is 27.8 Å². The molecular formula is C36H30N2O7. The molecule has 0 aliphatic carbocycles.